The molecular weight excluding hydrogens is 262 g/mol. The molecule has 104 valence electrons. The maximum Gasteiger partial charge on any atom is 0.261 e. The van der Waals surface area contributed by atoms with E-state index in [0.717, 1.165) is 6.42 Å². The van der Waals surface area contributed by atoms with Crippen molar-refractivity contribution in [3.05, 3.63) is 71.3 Å². The molecule has 1 aliphatic heterocycles. The van der Waals surface area contributed by atoms with Crippen LogP contribution < -0.4 is 0 Å². The van der Waals surface area contributed by atoms with E-state index >= 15 is 0 Å². The SMILES string of the molecule is O=C1c2ccccc2C(=O)N1C[C@@H]1C[C@H]1c1ccccc1. The van der Waals surface area contributed by atoms with Gasteiger partial charge in [0.2, 0.25) is 0 Å². The van der Waals surface area contributed by atoms with Crippen molar-refractivity contribution in [2.24, 2.45) is 5.92 Å². The van der Waals surface area contributed by atoms with Gasteiger partial charge in [0, 0.05) is 6.54 Å². The first-order chi connectivity index (χ1) is 10.3. The number of nitrogens with zero attached hydrogens (tertiary/aromatic N) is 1. The second-order valence-electron chi connectivity index (χ2n) is 5.78. The first-order valence-electron chi connectivity index (χ1n) is 7.26. The van der Waals surface area contributed by atoms with Gasteiger partial charge in [0.25, 0.3) is 11.8 Å². The summed E-state index contributed by atoms with van der Waals surface area (Å²) < 4.78 is 0. The van der Waals surface area contributed by atoms with Gasteiger partial charge < -0.3 is 0 Å². The van der Waals surface area contributed by atoms with Crippen molar-refractivity contribution in [1.29, 1.82) is 0 Å². The van der Waals surface area contributed by atoms with Crippen molar-refractivity contribution in [2.75, 3.05) is 6.54 Å². The molecule has 0 N–H and O–H groups in total. The molecule has 3 heteroatoms. The number of rotatable bonds is 3. The molecule has 2 amide bonds. The van der Waals surface area contributed by atoms with Crippen LogP contribution in [0, 0.1) is 5.92 Å². The Labute approximate surface area is 123 Å². The van der Waals surface area contributed by atoms with Gasteiger partial charge in [0.15, 0.2) is 0 Å². The monoisotopic (exact) mass is 277 g/mol. The van der Waals surface area contributed by atoms with Crippen LogP contribution in [0.3, 0.4) is 0 Å². The first-order valence-corrected chi connectivity index (χ1v) is 7.26. The number of benzene rings is 2. The molecule has 2 atom stereocenters. The van der Waals surface area contributed by atoms with Crippen LogP contribution in [-0.2, 0) is 0 Å². The van der Waals surface area contributed by atoms with Crippen LogP contribution in [0.5, 0.6) is 0 Å². The van der Waals surface area contributed by atoms with E-state index in [1.165, 1.54) is 10.5 Å². The molecule has 0 spiro atoms. The summed E-state index contributed by atoms with van der Waals surface area (Å²) in [5.41, 5.74) is 2.39. The number of carbonyl (C=O) groups excluding carboxylic acids is 2. The van der Waals surface area contributed by atoms with Crippen molar-refractivity contribution in [2.45, 2.75) is 12.3 Å². The summed E-state index contributed by atoms with van der Waals surface area (Å²) in [6.45, 7) is 0.534. The molecule has 4 rings (SSSR count). The molecule has 0 unspecified atom stereocenters. The van der Waals surface area contributed by atoms with Gasteiger partial charge in [-0.3, -0.25) is 14.5 Å². The summed E-state index contributed by atoms with van der Waals surface area (Å²) >= 11 is 0. The molecule has 2 aromatic rings. The van der Waals surface area contributed by atoms with Crippen LogP contribution in [0.4, 0.5) is 0 Å². The summed E-state index contributed by atoms with van der Waals surface area (Å²) in [4.78, 5) is 26.1. The summed E-state index contributed by atoms with van der Waals surface area (Å²) in [7, 11) is 0. The Bertz CT molecular complexity index is 688. The maximum absolute atomic E-state index is 12.3. The zero-order valence-electron chi connectivity index (χ0n) is 11.5. The number of amides is 2. The van der Waals surface area contributed by atoms with Crippen LogP contribution in [0.25, 0.3) is 0 Å². The molecule has 3 nitrogen and oxygen atoms in total. The average molecular weight is 277 g/mol. The Morgan fingerprint density at radius 3 is 2.05 bits per heavy atom. The minimum atomic E-state index is -0.144. The molecule has 1 fully saturated rings. The Kier molecular flexibility index (Phi) is 2.67. The predicted octanol–water partition coefficient (Wildman–Crippen LogP) is 3.09. The smallest absolute Gasteiger partial charge is 0.261 e. The van der Waals surface area contributed by atoms with E-state index in [1.807, 2.05) is 18.2 Å². The predicted molar refractivity (Wildman–Crippen MR) is 79.1 cm³/mol. The van der Waals surface area contributed by atoms with Gasteiger partial charge in [-0.15, -0.1) is 0 Å². The largest absolute Gasteiger partial charge is 0.274 e. The number of fused-ring (bicyclic) bond motifs is 1. The van der Waals surface area contributed by atoms with Gasteiger partial charge in [-0.1, -0.05) is 42.5 Å². The highest BCUT2D eigenvalue weighted by Crippen LogP contribution is 2.48. The number of hydrogen-bond donors (Lipinski definition) is 0. The topological polar surface area (TPSA) is 37.4 Å². The number of imide groups is 1. The lowest BCUT2D eigenvalue weighted by Crippen LogP contribution is -2.31. The quantitative estimate of drug-likeness (QED) is 0.808. The van der Waals surface area contributed by atoms with Crippen LogP contribution in [-0.4, -0.2) is 23.3 Å². The second-order valence-corrected chi connectivity index (χ2v) is 5.78. The van der Waals surface area contributed by atoms with Crippen LogP contribution in [0.1, 0.15) is 38.6 Å². The summed E-state index contributed by atoms with van der Waals surface area (Å²) in [6, 6.07) is 17.4. The van der Waals surface area contributed by atoms with E-state index in [2.05, 4.69) is 12.1 Å². The lowest BCUT2D eigenvalue weighted by molar-refractivity contribution is 0.0646. The highest BCUT2D eigenvalue weighted by atomic mass is 16.2. The van der Waals surface area contributed by atoms with E-state index in [-0.39, 0.29) is 11.8 Å². The van der Waals surface area contributed by atoms with Crippen LogP contribution in [0.15, 0.2) is 54.6 Å². The summed E-state index contributed by atoms with van der Waals surface area (Å²) in [5.74, 6) is 0.591. The van der Waals surface area contributed by atoms with Crippen LogP contribution >= 0.6 is 0 Å². The lowest BCUT2D eigenvalue weighted by atomic mass is 10.1. The van der Waals surface area contributed by atoms with Gasteiger partial charge in [-0.05, 0) is 36.0 Å². The molecule has 1 heterocycles. The Hall–Kier alpha value is -2.42. The third-order valence-corrected chi connectivity index (χ3v) is 4.45. The first kappa shape index (κ1) is 12.3. The number of hydrogen-bond acceptors (Lipinski definition) is 2. The van der Waals surface area contributed by atoms with E-state index in [1.54, 1.807) is 24.3 Å². The van der Waals surface area contributed by atoms with Gasteiger partial charge >= 0.3 is 0 Å². The molecule has 1 aliphatic carbocycles. The Balaban J connectivity index is 1.51. The Morgan fingerprint density at radius 2 is 1.43 bits per heavy atom. The van der Waals surface area contributed by atoms with Crippen molar-refractivity contribution >= 4 is 11.8 Å². The fourth-order valence-electron chi connectivity index (χ4n) is 3.20. The molecule has 0 saturated heterocycles. The van der Waals surface area contributed by atoms with Crippen molar-refractivity contribution in [3.8, 4) is 0 Å². The minimum absolute atomic E-state index is 0.144. The van der Waals surface area contributed by atoms with Gasteiger partial charge in [0.1, 0.15) is 0 Å². The zero-order chi connectivity index (χ0) is 14.4. The highest BCUT2D eigenvalue weighted by molar-refractivity contribution is 6.21. The molecule has 1 saturated carbocycles. The fraction of sp³-hybridized carbons (Fsp3) is 0.222. The van der Waals surface area contributed by atoms with Crippen molar-refractivity contribution < 1.29 is 9.59 Å². The average Bonchev–Trinajstić information content (AvgIpc) is 3.27. The van der Waals surface area contributed by atoms with Crippen molar-refractivity contribution in [3.63, 3.8) is 0 Å². The van der Waals surface area contributed by atoms with E-state index < -0.39 is 0 Å². The maximum atomic E-state index is 12.3. The third-order valence-electron chi connectivity index (χ3n) is 4.45. The molecule has 0 bridgehead atoms. The van der Waals surface area contributed by atoms with E-state index in [0.29, 0.717) is 29.5 Å². The Morgan fingerprint density at radius 1 is 0.857 bits per heavy atom. The lowest BCUT2D eigenvalue weighted by Gasteiger charge is -2.13. The van der Waals surface area contributed by atoms with E-state index in [4.69, 9.17) is 0 Å². The van der Waals surface area contributed by atoms with Gasteiger partial charge in [0.05, 0.1) is 11.1 Å². The molecule has 0 aromatic heterocycles. The van der Waals surface area contributed by atoms with Crippen LogP contribution in [0.2, 0.25) is 0 Å². The minimum Gasteiger partial charge on any atom is -0.274 e. The third kappa shape index (κ3) is 1.97. The molecular formula is C18H15NO2. The normalized spacial score (nSPS) is 23.3. The summed E-state index contributed by atoms with van der Waals surface area (Å²) in [6.07, 6.45) is 1.05. The highest BCUT2D eigenvalue weighted by Gasteiger charge is 2.44. The van der Waals surface area contributed by atoms with Gasteiger partial charge in [-0.2, -0.15) is 0 Å². The van der Waals surface area contributed by atoms with E-state index in [9.17, 15) is 9.59 Å². The standard InChI is InChI=1S/C18H15NO2/c20-17-14-8-4-5-9-15(14)18(21)19(17)11-13-10-16(13)12-6-2-1-3-7-12/h1-9,13,16H,10-11H2/t13-,16-/m0/s1. The fourth-order valence-corrected chi connectivity index (χ4v) is 3.20. The van der Waals surface area contributed by atoms with Gasteiger partial charge in [-0.25, -0.2) is 0 Å². The summed E-state index contributed by atoms with van der Waals surface area (Å²) in [5, 5.41) is 0. The molecule has 2 aliphatic rings. The molecule has 21 heavy (non-hydrogen) atoms. The molecule has 2 aromatic carbocycles. The van der Waals surface area contributed by atoms with Crippen molar-refractivity contribution in [1.82, 2.24) is 4.90 Å². The molecule has 0 radical (unpaired) electrons. The second kappa shape index (κ2) is 4.55. The number of carbonyl (C=O) groups is 2. The zero-order valence-corrected chi connectivity index (χ0v) is 11.5.